The Bertz CT molecular complexity index is 2890. The zero-order valence-electron chi connectivity index (χ0n) is 28.6. The Morgan fingerprint density at radius 1 is 0.510 bits per heavy atom. The highest BCUT2D eigenvalue weighted by Crippen LogP contribution is 2.55. The molecule has 1 spiro atoms. The van der Waals surface area contributed by atoms with Crippen LogP contribution in [0.15, 0.2) is 170 Å². The monoisotopic (exact) mass is 666 g/mol. The molecule has 2 aromatic heterocycles. The predicted molar refractivity (Wildman–Crippen MR) is 216 cm³/mol. The Morgan fingerprint density at radius 3 is 2.08 bits per heavy atom. The van der Waals surface area contributed by atoms with E-state index in [1.165, 1.54) is 82.4 Å². The second kappa shape index (κ2) is 10.3. The molecule has 0 aliphatic carbocycles. The molecule has 1 unspecified atom stereocenters. The molecule has 1 atom stereocenters. The first kappa shape index (κ1) is 28.8. The number of pyridine rings is 1. The third kappa shape index (κ3) is 3.68. The van der Waals surface area contributed by atoms with E-state index in [0.29, 0.717) is 0 Å². The first-order chi connectivity index (χ1) is 25.1. The van der Waals surface area contributed by atoms with E-state index in [1.54, 1.807) is 0 Å². The highest BCUT2D eigenvalue weighted by molar-refractivity contribution is 7.01. The highest BCUT2D eigenvalue weighted by atomic mass is 28.3. The summed E-state index contributed by atoms with van der Waals surface area (Å²) < 4.78 is 2.53. The van der Waals surface area contributed by atoms with E-state index in [-0.39, 0.29) is 0 Å². The van der Waals surface area contributed by atoms with Crippen molar-refractivity contribution in [2.45, 2.75) is 18.5 Å². The molecule has 4 heterocycles. The minimum Gasteiger partial charge on any atom is -0.309 e. The van der Waals surface area contributed by atoms with Crippen molar-refractivity contribution < 1.29 is 0 Å². The molecule has 11 rings (SSSR count). The first-order valence-electron chi connectivity index (χ1n) is 17.9. The summed E-state index contributed by atoms with van der Waals surface area (Å²) >= 11 is 0. The first-order valence-corrected chi connectivity index (χ1v) is 20.9. The fraction of sp³-hybridized carbons (Fsp3) is 0.0625. The maximum absolute atomic E-state index is 4.72. The maximum atomic E-state index is 4.72. The van der Waals surface area contributed by atoms with Crippen LogP contribution in [0.4, 0.5) is 0 Å². The molecule has 2 aliphatic rings. The molecule has 7 aromatic carbocycles. The van der Waals surface area contributed by atoms with E-state index in [9.17, 15) is 0 Å². The zero-order valence-corrected chi connectivity index (χ0v) is 29.6. The second-order valence-corrected chi connectivity index (χ2v) is 19.0. The smallest absolute Gasteiger partial charge is 0.113 e. The van der Waals surface area contributed by atoms with E-state index in [4.69, 9.17) is 4.98 Å². The summed E-state index contributed by atoms with van der Waals surface area (Å²) in [5.41, 5.74) is 14.9. The molecule has 2 aliphatic heterocycles. The largest absolute Gasteiger partial charge is 0.309 e. The standard InChI is InChI=1S/C48H34N2Si/c1-51(2)44-22-8-5-18-39(44)48(38-17-4-7-21-43(38)50-42-20-6-3-14-36(42)37-16-10-19-41(48)47(37)50)40-28-27-34(30-45(40)51)31-23-25-32(26-24-31)35-15-9-12-33-13-11-29-49-46(33)35/h3-30H,1-2H3. The van der Waals surface area contributed by atoms with Gasteiger partial charge in [-0.25, -0.2) is 0 Å². The normalized spacial score (nSPS) is 16.7. The maximum Gasteiger partial charge on any atom is 0.113 e. The number of fused-ring (bicyclic) bond motifs is 12. The average Bonchev–Trinajstić information content (AvgIpc) is 3.53. The van der Waals surface area contributed by atoms with Crippen molar-refractivity contribution in [1.29, 1.82) is 0 Å². The Hall–Kier alpha value is -6.03. The topological polar surface area (TPSA) is 17.8 Å². The van der Waals surface area contributed by atoms with Gasteiger partial charge in [-0.3, -0.25) is 4.98 Å². The fourth-order valence-electron chi connectivity index (χ4n) is 9.68. The molecule has 0 saturated heterocycles. The van der Waals surface area contributed by atoms with Gasteiger partial charge < -0.3 is 4.57 Å². The lowest BCUT2D eigenvalue weighted by Crippen LogP contribution is -2.63. The number of nitrogens with zero attached hydrogens (tertiary/aromatic N) is 2. The van der Waals surface area contributed by atoms with Crippen LogP contribution in [0.5, 0.6) is 0 Å². The molecule has 0 radical (unpaired) electrons. The summed E-state index contributed by atoms with van der Waals surface area (Å²) in [7, 11) is -2.14. The lowest BCUT2D eigenvalue weighted by molar-refractivity contribution is 0.732. The molecule has 240 valence electrons. The summed E-state index contributed by atoms with van der Waals surface area (Å²) in [5.74, 6) is 0. The minimum atomic E-state index is -2.14. The van der Waals surface area contributed by atoms with Crippen LogP contribution < -0.4 is 10.4 Å². The van der Waals surface area contributed by atoms with Crippen LogP contribution in [0.2, 0.25) is 13.1 Å². The molecule has 9 aromatic rings. The summed E-state index contributed by atoms with van der Waals surface area (Å²) in [6.45, 7) is 5.09. The van der Waals surface area contributed by atoms with Crippen LogP contribution in [-0.4, -0.2) is 17.6 Å². The van der Waals surface area contributed by atoms with Crippen LogP contribution in [0.25, 0.3) is 60.6 Å². The Labute approximate surface area is 298 Å². The van der Waals surface area contributed by atoms with Crippen LogP contribution in [0.1, 0.15) is 22.3 Å². The van der Waals surface area contributed by atoms with Gasteiger partial charge in [-0.2, -0.15) is 0 Å². The van der Waals surface area contributed by atoms with E-state index in [1.807, 2.05) is 12.3 Å². The average molecular weight is 667 g/mol. The third-order valence-electron chi connectivity index (χ3n) is 11.9. The number of hydrogen-bond acceptors (Lipinski definition) is 1. The van der Waals surface area contributed by atoms with Crippen molar-refractivity contribution in [3.8, 4) is 27.9 Å². The molecule has 2 nitrogen and oxygen atoms in total. The van der Waals surface area contributed by atoms with Crippen molar-refractivity contribution in [3.05, 3.63) is 192 Å². The van der Waals surface area contributed by atoms with Gasteiger partial charge >= 0.3 is 0 Å². The van der Waals surface area contributed by atoms with Gasteiger partial charge in [0.05, 0.1) is 27.7 Å². The molecule has 0 saturated carbocycles. The summed E-state index contributed by atoms with van der Waals surface area (Å²) in [5, 5.41) is 6.81. The zero-order chi connectivity index (χ0) is 33.9. The van der Waals surface area contributed by atoms with Gasteiger partial charge in [0, 0.05) is 27.9 Å². The van der Waals surface area contributed by atoms with Crippen LogP contribution in [0.3, 0.4) is 0 Å². The quantitative estimate of drug-likeness (QED) is 0.168. The van der Waals surface area contributed by atoms with E-state index >= 15 is 0 Å². The van der Waals surface area contributed by atoms with Gasteiger partial charge in [0.15, 0.2) is 0 Å². The van der Waals surface area contributed by atoms with E-state index in [0.717, 1.165) is 10.9 Å². The third-order valence-corrected chi connectivity index (χ3v) is 15.5. The molecule has 51 heavy (non-hydrogen) atoms. The highest BCUT2D eigenvalue weighted by Gasteiger charge is 2.53. The van der Waals surface area contributed by atoms with Crippen LogP contribution >= 0.6 is 0 Å². The SMILES string of the molecule is C[Si]1(C)c2ccccc2C2(c3ccccc3-n3c4ccccc4c4cccc2c43)c2ccc(-c3ccc(-c4cccc5cccnc45)cc3)cc21. The molecular formula is C48H34N2Si. The van der Waals surface area contributed by atoms with Gasteiger partial charge in [-0.05, 0) is 67.5 Å². The summed E-state index contributed by atoms with van der Waals surface area (Å²) in [4.78, 5) is 4.72. The molecule has 0 N–H and O–H groups in total. The molecule has 3 heteroatoms. The van der Waals surface area contributed by atoms with Crippen LogP contribution in [-0.2, 0) is 5.41 Å². The fourth-order valence-corrected chi connectivity index (χ4v) is 12.9. The Balaban J connectivity index is 1.18. The van der Waals surface area contributed by atoms with Gasteiger partial charge in [-0.15, -0.1) is 0 Å². The number of para-hydroxylation sites is 4. The number of hydrogen-bond donors (Lipinski definition) is 0. The lowest BCUT2D eigenvalue weighted by atomic mass is 9.62. The van der Waals surface area contributed by atoms with Crippen molar-refractivity contribution in [3.63, 3.8) is 0 Å². The van der Waals surface area contributed by atoms with Crippen molar-refractivity contribution in [2.75, 3.05) is 0 Å². The minimum absolute atomic E-state index is 0.446. The number of benzene rings is 7. The molecular weight excluding hydrogens is 633 g/mol. The van der Waals surface area contributed by atoms with Gasteiger partial charge in [0.1, 0.15) is 8.07 Å². The summed E-state index contributed by atoms with van der Waals surface area (Å²) in [6.07, 6.45) is 1.88. The molecule has 0 amide bonds. The van der Waals surface area contributed by atoms with E-state index in [2.05, 4.69) is 175 Å². The predicted octanol–water partition coefficient (Wildman–Crippen LogP) is 10.5. The van der Waals surface area contributed by atoms with E-state index < -0.39 is 13.5 Å². The Morgan fingerprint density at radius 2 is 1.18 bits per heavy atom. The molecule has 0 bridgehead atoms. The van der Waals surface area contributed by atoms with Gasteiger partial charge in [-0.1, -0.05) is 159 Å². The lowest BCUT2D eigenvalue weighted by Gasteiger charge is -2.49. The number of rotatable bonds is 2. The van der Waals surface area contributed by atoms with Crippen molar-refractivity contribution in [1.82, 2.24) is 9.55 Å². The second-order valence-electron chi connectivity index (χ2n) is 14.7. The van der Waals surface area contributed by atoms with Gasteiger partial charge in [0.2, 0.25) is 0 Å². The van der Waals surface area contributed by atoms with Crippen molar-refractivity contribution in [2.24, 2.45) is 0 Å². The Kier molecular flexibility index (Phi) is 5.79. The van der Waals surface area contributed by atoms with Crippen LogP contribution in [0, 0.1) is 0 Å². The van der Waals surface area contributed by atoms with Gasteiger partial charge in [0.25, 0.3) is 0 Å². The van der Waals surface area contributed by atoms with Crippen molar-refractivity contribution >= 4 is 51.2 Å². The number of aromatic nitrogens is 2. The molecule has 0 fully saturated rings. The summed E-state index contributed by atoms with van der Waals surface area (Å²) in [6, 6.07) is 61.5.